The van der Waals surface area contributed by atoms with Crippen LogP contribution >= 0.6 is 0 Å². The highest BCUT2D eigenvalue weighted by atomic mass is 19.4. The molecule has 0 spiro atoms. The molecule has 0 amide bonds. The zero-order valence-corrected chi connectivity index (χ0v) is 12.7. The van der Waals surface area contributed by atoms with Crippen LogP contribution in [0.3, 0.4) is 0 Å². The van der Waals surface area contributed by atoms with E-state index in [0.717, 1.165) is 11.8 Å². The second kappa shape index (κ2) is 6.33. The smallest absolute Gasteiger partial charge is 0.379 e. The van der Waals surface area contributed by atoms with Crippen LogP contribution in [0.2, 0.25) is 0 Å². The Labute approximate surface area is 132 Å². The maximum atomic E-state index is 13.0. The van der Waals surface area contributed by atoms with Crippen LogP contribution in [-0.2, 0) is 17.5 Å². The summed E-state index contributed by atoms with van der Waals surface area (Å²) in [5, 5.41) is 3.04. The van der Waals surface area contributed by atoms with E-state index in [-0.39, 0.29) is 6.04 Å². The summed E-state index contributed by atoms with van der Waals surface area (Å²) in [6.07, 6.45) is -2.67. The van der Waals surface area contributed by atoms with Gasteiger partial charge < -0.3 is 14.6 Å². The summed E-state index contributed by atoms with van der Waals surface area (Å²) in [5.74, 6) is 0.337. The van der Waals surface area contributed by atoms with E-state index in [0.29, 0.717) is 37.6 Å². The van der Waals surface area contributed by atoms with Crippen LogP contribution in [0.15, 0.2) is 30.5 Å². The third kappa shape index (κ3) is 3.40. The summed E-state index contributed by atoms with van der Waals surface area (Å²) >= 11 is 0. The summed E-state index contributed by atoms with van der Waals surface area (Å²) < 4.78 is 46.0. The topological polar surface area (TPSA) is 39.1 Å². The second-order valence-electron chi connectivity index (χ2n) is 5.60. The first-order chi connectivity index (χ1) is 11.0. The fourth-order valence-corrected chi connectivity index (χ4v) is 2.74. The zero-order chi connectivity index (χ0) is 16.4. The van der Waals surface area contributed by atoms with Crippen molar-refractivity contribution in [3.63, 3.8) is 0 Å². The van der Waals surface area contributed by atoms with E-state index in [1.54, 1.807) is 4.57 Å². The lowest BCUT2D eigenvalue weighted by atomic mass is 10.1. The molecule has 1 fully saturated rings. The lowest BCUT2D eigenvalue weighted by molar-refractivity contribution is -0.140. The molecule has 0 bridgehead atoms. The number of hydrogen-bond donors (Lipinski definition) is 1. The Morgan fingerprint density at radius 1 is 1.30 bits per heavy atom. The molecule has 23 heavy (non-hydrogen) atoms. The molecule has 0 saturated carbocycles. The minimum absolute atomic E-state index is 0.106. The van der Waals surface area contributed by atoms with Gasteiger partial charge in [0.05, 0.1) is 12.6 Å². The quantitative estimate of drug-likeness (QED) is 0.938. The third-order valence-corrected chi connectivity index (χ3v) is 3.91. The van der Waals surface area contributed by atoms with E-state index < -0.39 is 11.9 Å². The molecule has 2 heterocycles. The average molecular weight is 325 g/mol. The average Bonchev–Trinajstić information content (AvgIpc) is 3.17. The molecule has 1 aliphatic heterocycles. The Balaban J connectivity index is 2.00. The van der Waals surface area contributed by atoms with Gasteiger partial charge in [0.1, 0.15) is 5.82 Å². The van der Waals surface area contributed by atoms with Crippen molar-refractivity contribution in [1.82, 2.24) is 14.9 Å². The molecule has 1 atom stereocenters. The molecule has 1 saturated heterocycles. The molecule has 4 nitrogen and oxygen atoms in total. The molecule has 2 aromatic rings. The molecule has 3 rings (SSSR count). The van der Waals surface area contributed by atoms with Gasteiger partial charge in [0.15, 0.2) is 5.69 Å². The Bertz CT molecular complexity index is 658. The predicted molar refractivity (Wildman–Crippen MR) is 79.9 cm³/mol. The van der Waals surface area contributed by atoms with E-state index in [2.05, 4.69) is 10.3 Å². The van der Waals surface area contributed by atoms with Crippen molar-refractivity contribution in [2.75, 3.05) is 20.3 Å². The van der Waals surface area contributed by atoms with Gasteiger partial charge in [-0.05, 0) is 19.0 Å². The zero-order valence-electron chi connectivity index (χ0n) is 12.7. The van der Waals surface area contributed by atoms with Crippen LogP contribution in [-0.4, -0.2) is 29.8 Å². The molecule has 124 valence electrons. The molecule has 1 unspecified atom stereocenters. The summed E-state index contributed by atoms with van der Waals surface area (Å²) in [6, 6.07) is 7.29. The largest absolute Gasteiger partial charge is 0.434 e. The molecular formula is C16H18F3N3O. The number of nitrogens with zero attached hydrogens (tertiary/aromatic N) is 2. The number of halogens is 3. The van der Waals surface area contributed by atoms with Crippen LogP contribution in [0.5, 0.6) is 0 Å². The highest BCUT2D eigenvalue weighted by Crippen LogP contribution is 2.34. The van der Waals surface area contributed by atoms with Crippen LogP contribution < -0.4 is 5.32 Å². The predicted octanol–water partition coefficient (Wildman–Crippen LogP) is 3.25. The molecular weight excluding hydrogens is 307 g/mol. The molecule has 1 aromatic heterocycles. The number of hydrogen-bond acceptors (Lipinski definition) is 3. The minimum atomic E-state index is -4.45. The summed E-state index contributed by atoms with van der Waals surface area (Å²) in [7, 11) is 1.84. The first kappa shape index (κ1) is 16.0. The van der Waals surface area contributed by atoms with Crippen LogP contribution in [0.1, 0.15) is 23.7 Å². The van der Waals surface area contributed by atoms with Crippen LogP contribution in [0.4, 0.5) is 13.2 Å². The van der Waals surface area contributed by atoms with Gasteiger partial charge >= 0.3 is 6.18 Å². The lowest BCUT2D eigenvalue weighted by Crippen LogP contribution is -2.09. The van der Waals surface area contributed by atoms with Crippen LogP contribution in [0.25, 0.3) is 11.4 Å². The molecule has 7 heteroatoms. The number of nitrogens with one attached hydrogen (secondary N) is 1. The summed E-state index contributed by atoms with van der Waals surface area (Å²) in [6.45, 7) is 1.68. The van der Waals surface area contributed by atoms with Crippen molar-refractivity contribution in [1.29, 1.82) is 0 Å². The monoisotopic (exact) mass is 325 g/mol. The van der Waals surface area contributed by atoms with E-state index in [9.17, 15) is 13.2 Å². The van der Waals surface area contributed by atoms with Crippen molar-refractivity contribution >= 4 is 0 Å². The number of benzene rings is 1. The Hall–Kier alpha value is -1.86. The molecule has 1 aliphatic rings. The fraction of sp³-hybridized carbons (Fsp3) is 0.438. The highest BCUT2D eigenvalue weighted by Gasteiger charge is 2.36. The molecule has 0 aliphatic carbocycles. The van der Waals surface area contributed by atoms with E-state index >= 15 is 0 Å². The van der Waals surface area contributed by atoms with Gasteiger partial charge in [-0.2, -0.15) is 13.2 Å². The van der Waals surface area contributed by atoms with Gasteiger partial charge in [-0.25, -0.2) is 4.98 Å². The molecule has 0 radical (unpaired) electrons. The lowest BCUT2D eigenvalue weighted by Gasteiger charge is -2.13. The standard InChI is InChI=1S/C16H18F3N3O/c1-20-8-11-2-4-12(5-3-11)15-21-14(16(17,18)19)9-22(15)13-6-7-23-10-13/h2-5,9,13,20H,6-8,10H2,1H3. The van der Waals surface area contributed by atoms with Gasteiger partial charge in [0, 0.05) is 24.9 Å². The molecule has 1 N–H and O–H groups in total. The number of ether oxygens (including phenoxy) is 1. The number of aromatic nitrogens is 2. The van der Waals surface area contributed by atoms with Crippen molar-refractivity contribution in [2.45, 2.75) is 25.2 Å². The number of rotatable bonds is 4. The molecule has 1 aromatic carbocycles. The first-order valence-electron chi connectivity index (χ1n) is 7.47. The second-order valence-corrected chi connectivity index (χ2v) is 5.60. The van der Waals surface area contributed by atoms with Crippen molar-refractivity contribution in [2.24, 2.45) is 0 Å². The van der Waals surface area contributed by atoms with E-state index in [4.69, 9.17) is 4.74 Å². The van der Waals surface area contributed by atoms with E-state index in [1.807, 2.05) is 31.3 Å². The van der Waals surface area contributed by atoms with Gasteiger partial charge in [-0.1, -0.05) is 24.3 Å². The number of imidazole rings is 1. The van der Waals surface area contributed by atoms with Crippen molar-refractivity contribution in [3.05, 3.63) is 41.7 Å². The van der Waals surface area contributed by atoms with Crippen molar-refractivity contribution < 1.29 is 17.9 Å². The maximum absolute atomic E-state index is 13.0. The van der Waals surface area contributed by atoms with Crippen molar-refractivity contribution in [3.8, 4) is 11.4 Å². The fourth-order valence-electron chi connectivity index (χ4n) is 2.74. The van der Waals surface area contributed by atoms with Gasteiger partial charge in [-0.15, -0.1) is 0 Å². The van der Waals surface area contributed by atoms with Gasteiger partial charge in [0.25, 0.3) is 0 Å². The number of alkyl halides is 3. The highest BCUT2D eigenvalue weighted by molar-refractivity contribution is 5.57. The summed E-state index contributed by atoms with van der Waals surface area (Å²) in [5.41, 5.74) is 0.876. The third-order valence-electron chi connectivity index (χ3n) is 3.91. The Morgan fingerprint density at radius 3 is 2.61 bits per heavy atom. The SMILES string of the molecule is CNCc1ccc(-c2nc(C(F)(F)F)cn2C2CCOC2)cc1. The van der Waals surface area contributed by atoms with Gasteiger partial charge in [-0.3, -0.25) is 0 Å². The summed E-state index contributed by atoms with van der Waals surface area (Å²) in [4.78, 5) is 3.84. The van der Waals surface area contributed by atoms with Crippen LogP contribution in [0, 0.1) is 0 Å². The van der Waals surface area contributed by atoms with E-state index in [1.165, 1.54) is 0 Å². The Morgan fingerprint density at radius 2 is 2.04 bits per heavy atom. The maximum Gasteiger partial charge on any atom is 0.434 e. The normalized spacial score (nSPS) is 18.5. The van der Waals surface area contributed by atoms with Gasteiger partial charge in [0.2, 0.25) is 0 Å². The first-order valence-corrected chi connectivity index (χ1v) is 7.47. The Kier molecular flexibility index (Phi) is 4.41. The minimum Gasteiger partial charge on any atom is -0.379 e.